The molecule has 0 aliphatic carbocycles. The van der Waals surface area contributed by atoms with E-state index in [2.05, 4.69) is 10.1 Å². The molecule has 0 aliphatic rings. The fourth-order valence-corrected chi connectivity index (χ4v) is 1.86. The van der Waals surface area contributed by atoms with Crippen LogP contribution in [0.3, 0.4) is 0 Å². The smallest absolute Gasteiger partial charge is 0.211 e. The molecule has 1 heterocycles. The van der Waals surface area contributed by atoms with Crippen molar-refractivity contribution in [2.24, 2.45) is 5.41 Å². The molecule has 0 saturated heterocycles. The van der Waals surface area contributed by atoms with Gasteiger partial charge in [0.05, 0.1) is 6.61 Å². The number of carbonyl (C=O) groups excluding carboxylic acids is 1. The molecule has 2 aromatic rings. The van der Waals surface area contributed by atoms with Crippen LogP contribution in [0.4, 0.5) is 0 Å². The summed E-state index contributed by atoms with van der Waals surface area (Å²) in [6.07, 6.45) is 2.08. The number of hydrogen-bond acceptors (Lipinski definition) is 4. The maximum Gasteiger partial charge on any atom is 0.211 e. The first-order valence-corrected chi connectivity index (χ1v) is 7.00. The topological polar surface area (TPSA) is 57.0 Å². The molecule has 0 aliphatic heterocycles. The number of aromatic nitrogens is 3. The molecule has 1 aromatic heterocycles. The fourth-order valence-electron chi connectivity index (χ4n) is 1.74. The zero-order valence-corrected chi connectivity index (χ0v) is 13.0. The Morgan fingerprint density at radius 2 is 2.00 bits per heavy atom. The molecule has 112 valence electrons. The summed E-state index contributed by atoms with van der Waals surface area (Å²) >= 11 is 5.85. The number of ether oxygens (including phenoxy) is 1. The van der Waals surface area contributed by atoms with E-state index in [0.29, 0.717) is 11.6 Å². The number of hydrogen-bond donors (Lipinski definition) is 0. The highest BCUT2D eigenvalue weighted by atomic mass is 35.5. The van der Waals surface area contributed by atoms with Crippen LogP contribution in [-0.4, -0.2) is 20.5 Å². The minimum Gasteiger partial charge on any atom is -0.345 e. The summed E-state index contributed by atoms with van der Waals surface area (Å²) in [7, 11) is 0. The quantitative estimate of drug-likeness (QED) is 0.850. The summed E-state index contributed by atoms with van der Waals surface area (Å²) in [4.78, 5) is 16.4. The molecular weight excluding hydrogens is 290 g/mol. The first-order valence-electron chi connectivity index (χ1n) is 6.62. The second-order valence-corrected chi connectivity index (χ2v) is 6.22. The van der Waals surface area contributed by atoms with Crippen LogP contribution in [0.5, 0.6) is 0 Å². The van der Waals surface area contributed by atoms with Crippen molar-refractivity contribution >= 4 is 17.4 Å². The number of carbonyl (C=O) groups is 1. The zero-order chi connectivity index (χ0) is 15.5. The Kier molecular flexibility index (Phi) is 4.75. The average Bonchev–Trinajstić information content (AvgIpc) is 2.94. The van der Waals surface area contributed by atoms with Crippen LogP contribution >= 0.6 is 11.6 Å². The maximum atomic E-state index is 12.5. The highest BCUT2D eigenvalue weighted by Crippen LogP contribution is 2.25. The van der Waals surface area contributed by atoms with Crippen molar-refractivity contribution in [3.8, 4) is 0 Å². The van der Waals surface area contributed by atoms with Gasteiger partial charge in [0, 0.05) is 10.4 Å². The third-order valence-electron chi connectivity index (χ3n) is 2.96. The number of rotatable bonds is 5. The van der Waals surface area contributed by atoms with Crippen LogP contribution in [0.15, 0.2) is 36.9 Å². The molecule has 1 atom stereocenters. The van der Waals surface area contributed by atoms with E-state index >= 15 is 0 Å². The molecule has 6 heteroatoms. The molecule has 21 heavy (non-hydrogen) atoms. The van der Waals surface area contributed by atoms with E-state index in [1.807, 2.05) is 32.9 Å². The van der Waals surface area contributed by atoms with Gasteiger partial charge in [-0.1, -0.05) is 44.5 Å². The molecule has 0 radical (unpaired) electrons. The predicted octanol–water partition coefficient (Wildman–Crippen LogP) is 3.26. The summed E-state index contributed by atoms with van der Waals surface area (Å²) in [5.74, 6) is -0.0537. The van der Waals surface area contributed by atoms with Gasteiger partial charge in [0.15, 0.2) is 5.78 Å². The molecule has 2 rings (SSSR count). The van der Waals surface area contributed by atoms with Crippen molar-refractivity contribution in [1.82, 2.24) is 14.8 Å². The van der Waals surface area contributed by atoms with Crippen molar-refractivity contribution in [2.45, 2.75) is 33.6 Å². The molecule has 5 nitrogen and oxygen atoms in total. The number of nitrogens with zero attached hydrogens (tertiary/aromatic N) is 3. The molecule has 0 bridgehead atoms. The monoisotopic (exact) mass is 307 g/mol. The van der Waals surface area contributed by atoms with E-state index in [1.54, 1.807) is 12.1 Å². The molecule has 0 amide bonds. The molecule has 0 N–H and O–H groups in total. The lowest BCUT2D eigenvalue weighted by Crippen LogP contribution is -2.32. The van der Waals surface area contributed by atoms with Gasteiger partial charge in [0.1, 0.15) is 12.7 Å². The van der Waals surface area contributed by atoms with Gasteiger partial charge in [-0.25, -0.2) is 9.67 Å². The van der Waals surface area contributed by atoms with Crippen LogP contribution in [0.1, 0.15) is 32.6 Å². The van der Waals surface area contributed by atoms with E-state index in [-0.39, 0.29) is 5.78 Å². The lowest BCUT2D eigenvalue weighted by Gasteiger charge is -2.24. The van der Waals surface area contributed by atoms with E-state index in [0.717, 1.165) is 5.56 Å². The number of halogens is 1. The van der Waals surface area contributed by atoms with Crippen molar-refractivity contribution in [1.29, 1.82) is 0 Å². The third kappa shape index (κ3) is 4.12. The van der Waals surface area contributed by atoms with Gasteiger partial charge in [-0.05, 0) is 17.7 Å². The summed E-state index contributed by atoms with van der Waals surface area (Å²) in [6.45, 7) is 5.85. The van der Waals surface area contributed by atoms with Crippen molar-refractivity contribution in [3.05, 3.63) is 47.5 Å². The Morgan fingerprint density at radius 3 is 2.52 bits per heavy atom. The summed E-state index contributed by atoms with van der Waals surface area (Å²) in [5, 5.41) is 4.68. The van der Waals surface area contributed by atoms with E-state index in [9.17, 15) is 4.79 Å². The standard InChI is InChI=1S/C15H18ClN3O2/c1-15(2,3)13(20)14(19-10-17-9-18-19)21-8-11-4-6-12(16)7-5-11/h4-7,9-10,14H,8H2,1-3H3. The van der Waals surface area contributed by atoms with Crippen LogP contribution in [0, 0.1) is 5.41 Å². The number of benzene rings is 1. The summed E-state index contributed by atoms with van der Waals surface area (Å²) in [6, 6.07) is 7.30. The average molecular weight is 308 g/mol. The maximum absolute atomic E-state index is 12.5. The van der Waals surface area contributed by atoms with Gasteiger partial charge in [0.2, 0.25) is 6.23 Å². The second-order valence-electron chi connectivity index (χ2n) is 5.78. The lowest BCUT2D eigenvalue weighted by molar-refractivity contribution is -0.147. The minimum absolute atomic E-state index is 0.0537. The van der Waals surface area contributed by atoms with E-state index < -0.39 is 11.6 Å². The van der Waals surface area contributed by atoms with Crippen molar-refractivity contribution in [2.75, 3.05) is 0 Å². The lowest BCUT2D eigenvalue weighted by atomic mass is 9.90. The highest BCUT2D eigenvalue weighted by molar-refractivity contribution is 6.30. The van der Waals surface area contributed by atoms with Crippen molar-refractivity contribution < 1.29 is 9.53 Å². The molecule has 0 spiro atoms. The summed E-state index contributed by atoms with van der Waals surface area (Å²) < 4.78 is 7.20. The molecule has 1 unspecified atom stereocenters. The van der Waals surface area contributed by atoms with Gasteiger partial charge in [-0.15, -0.1) is 0 Å². The van der Waals surface area contributed by atoms with E-state index in [1.165, 1.54) is 17.3 Å². The second kappa shape index (κ2) is 6.37. The van der Waals surface area contributed by atoms with Gasteiger partial charge in [0.25, 0.3) is 0 Å². The number of ketones is 1. The first kappa shape index (κ1) is 15.7. The zero-order valence-electron chi connectivity index (χ0n) is 12.3. The first-order chi connectivity index (χ1) is 9.88. The predicted molar refractivity (Wildman–Crippen MR) is 79.8 cm³/mol. The van der Waals surface area contributed by atoms with Gasteiger partial charge < -0.3 is 4.74 Å². The van der Waals surface area contributed by atoms with Crippen LogP contribution < -0.4 is 0 Å². The Bertz CT molecular complexity index is 588. The number of Topliss-reactive ketones (excluding diaryl/α,β-unsaturated/α-hetero) is 1. The van der Waals surface area contributed by atoms with Gasteiger partial charge in [-0.3, -0.25) is 4.79 Å². The third-order valence-corrected chi connectivity index (χ3v) is 3.21. The largest absolute Gasteiger partial charge is 0.345 e. The Labute approximate surface area is 128 Å². The normalized spacial score (nSPS) is 13.1. The Hall–Kier alpha value is -1.72. The molecule has 0 saturated carbocycles. The SMILES string of the molecule is CC(C)(C)C(=O)C(OCc1ccc(Cl)cc1)n1cncn1. The molecule has 0 fully saturated rings. The van der Waals surface area contributed by atoms with E-state index in [4.69, 9.17) is 16.3 Å². The van der Waals surface area contributed by atoms with Crippen LogP contribution in [-0.2, 0) is 16.1 Å². The summed E-state index contributed by atoms with van der Waals surface area (Å²) in [5.41, 5.74) is 0.405. The Morgan fingerprint density at radius 1 is 1.33 bits per heavy atom. The minimum atomic E-state index is -0.789. The van der Waals surface area contributed by atoms with Crippen LogP contribution in [0.2, 0.25) is 5.02 Å². The highest BCUT2D eigenvalue weighted by Gasteiger charge is 2.32. The van der Waals surface area contributed by atoms with Gasteiger partial charge in [-0.2, -0.15) is 5.10 Å². The van der Waals surface area contributed by atoms with Crippen molar-refractivity contribution in [3.63, 3.8) is 0 Å². The van der Waals surface area contributed by atoms with Crippen LogP contribution in [0.25, 0.3) is 0 Å². The molecule has 1 aromatic carbocycles. The van der Waals surface area contributed by atoms with Gasteiger partial charge >= 0.3 is 0 Å². The Balaban J connectivity index is 2.13. The fraction of sp³-hybridized carbons (Fsp3) is 0.400. The molecular formula is C15H18ClN3O2.